The summed E-state index contributed by atoms with van der Waals surface area (Å²) in [5.41, 5.74) is 14.0. The minimum absolute atomic E-state index is 0.343. The Morgan fingerprint density at radius 3 is 1.80 bits per heavy atom. The van der Waals surface area contributed by atoms with Gasteiger partial charge in [-0.05, 0) is 86.0 Å². The molecule has 7 aromatic carbocycles. The molecule has 2 aliphatic rings. The summed E-state index contributed by atoms with van der Waals surface area (Å²) >= 11 is 1.90. The fourth-order valence-electron chi connectivity index (χ4n) is 8.21. The Morgan fingerprint density at radius 1 is 0.500 bits per heavy atom. The van der Waals surface area contributed by atoms with Crippen LogP contribution in [0.15, 0.2) is 140 Å². The standard InChI is InChI=1S/C42H27NS/c1-25-11-10-17-33-39-28-13-3-2-12-26(28)23-38(41(39)44-40(25)33)43-27-21-22-32-31-16-6-9-20-36(31)42(37(32)24-27)34-18-7-4-14-29(34)30-15-5-8-19-35(30)42/h2-24,43H,1H3. The molecule has 0 amide bonds. The van der Waals surface area contributed by atoms with E-state index in [1.165, 1.54) is 81.0 Å². The number of fused-ring (bicyclic) bond motifs is 15. The first-order valence-corrected chi connectivity index (χ1v) is 16.1. The van der Waals surface area contributed by atoms with Crippen molar-refractivity contribution in [3.8, 4) is 22.3 Å². The van der Waals surface area contributed by atoms with Crippen molar-refractivity contribution in [1.29, 1.82) is 0 Å². The summed E-state index contributed by atoms with van der Waals surface area (Å²) in [4.78, 5) is 0. The third-order valence-electron chi connectivity index (χ3n) is 9.96. The van der Waals surface area contributed by atoms with E-state index in [1.807, 2.05) is 11.3 Å². The molecule has 1 heterocycles. The predicted octanol–water partition coefficient (Wildman–Crippen LogP) is 11.6. The lowest BCUT2D eigenvalue weighted by Crippen LogP contribution is -2.25. The number of rotatable bonds is 2. The largest absolute Gasteiger partial charge is 0.354 e. The highest BCUT2D eigenvalue weighted by atomic mass is 32.1. The Bertz CT molecular complexity index is 2430. The highest BCUT2D eigenvalue weighted by Crippen LogP contribution is 2.63. The molecule has 44 heavy (non-hydrogen) atoms. The maximum atomic E-state index is 3.94. The zero-order valence-electron chi connectivity index (χ0n) is 24.2. The molecular formula is C42H27NS. The highest BCUT2D eigenvalue weighted by Gasteiger charge is 2.51. The van der Waals surface area contributed by atoms with Gasteiger partial charge < -0.3 is 5.32 Å². The van der Waals surface area contributed by atoms with Gasteiger partial charge in [-0.3, -0.25) is 0 Å². The molecule has 2 heteroatoms. The van der Waals surface area contributed by atoms with Crippen LogP contribution in [0.25, 0.3) is 53.2 Å². The molecule has 0 atom stereocenters. The molecule has 0 aliphatic heterocycles. The van der Waals surface area contributed by atoms with Crippen molar-refractivity contribution in [1.82, 2.24) is 0 Å². The highest BCUT2D eigenvalue weighted by molar-refractivity contribution is 7.26. The van der Waals surface area contributed by atoms with Crippen molar-refractivity contribution in [2.24, 2.45) is 0 Å². The summed E-state index contributed by atoms with van der Waals surface area (Å²) in [7, 11) is 0. The van der Waals surface area contributed by atoms with Crippen molar-refractivity contribution in [3.05, 3.63) is 167 Å². The molecule has 0 fully saturated rings. The maximum Gasteiger partial charge on any atom is 0.0726 e. The Morgan fingerprint density at radius 2 is 1.09 bits per heavy atom. The first-order chi connectivity index (χ1) is 21.7. The molecule has 2 aliphatic carbocycles. The number of nitrogens with one attached hydrogen (secondary N) is 1. The third kappa shape index (κ3) is 2.98. The second-order valence-electron chi connectivity index (χ2n) is 12.2. The van der Waals surface area contributed by atoms with Crippen molar-refractivity contribution in [2.75, 3.05) is 5.32 Å². The van der Waals surface area contributed by atoms with E-state index in [0.29, 0.717) is 0 Å². The van der Waals surface area contributed by atoms with E-state index >= 15 is 0 Å². The zero-order chi connectivity index (χ0) is 29.0. The summed E-state index contributed by atoms with van der Waals surface area (Å²) in [6, 6.07) is 51.9. The number of benzene rings is 7. The molecule has 0 unspecified atom stereocenters. The van der Waals surface area contributed by atoms with Crippen LogP contribution in [-0.4, -0.2) is 0 Å². The van der Waals surface area contributed by atoms with Crippen LogP contribution >= 0.6 is 11.3 Å². The van der Waals surface area contributed by atoms with E-state index in [0.717, 1.165) is 11.4 Å². The van der Waals surface area contributed by atoms with E-state index in [1.54, 1.807) is 0 Å². The minimum atomic E-state index is -0.343. The molecule has 1 nitrogen and oxygen atoms in total. The second-order valence-corrected chi connectivity index (χ2v) is 13.2. The number of thiophene rings is 1. The van der Waals surface area contributed by atoms with E-state index in [4.69, 9.17) is 0 Å². The quantitative estimate of drug-likeness (QED) is 0.215. The Balaban J connectivity index is 1.23. The molecule has 1 N–H and O–H groups in total. The Kier molecular flexibility index (Phi) is 4.79. The van der Waals surface area contributed by atoms with Crippen LogP contribution in [-0.2, 0) is 5.41 Å². The Hall–Kier alpha value is -5.18. The van der Waals surface area contributed by atoms with Crippen molar-refractivity contribution >= 4 is 53.7 Å². The molecule has 0 bridgehead atoms. The number of hydrogen-bond acceptors (Lipinski definition) is 2. The van der Waals surface area contributed by atoms with Crippen LogP contribution < -0.4 is 5.32 Å². The molecule has 10 rings (SSSR count). The van der Waals surface area contributed by atoms with E-state index in [2.05, 4.69) is 152 Å². The van der Waals surface area contributed by atoms with Gasteiger partial charge in [-0.15, -0.1) is 11.3 Å². The van der Waals surface area contributed by atoms with Crippen LogP contribution in [0.4, 0.5) is 11.4 Å². The van der Waals surface area contributed by atoms with Gasteiger partial charge in [0.05, 0.1) is 15.8 Å². The van der Waals surface area contributed by atoms with Crippen LogP contribution in [0.5, 0.6) is 0 Å². The Labute approximate surface area is 260 Å². The molecule has 1 aromatic heterocycles. The molecule has 0 saturated carbocycles. The SMILES string of the molecule is Cc1cccc2c1sc1c(Nc3ccc4c(c3)C3(c5ccccc5-c5ccccc53)c3ccccc3-4)cc3ccccc3c12. The third-order valence-corrected chi connectivity index (χ3v) is 11.3. The summed E-state index contributed by atoms with van der Waals surface area (Å²) in [5.74, 6) is 0. The van der Waals surface area contributed by atoms with Gasteiger partial charge in [0.15, 0.2) is 0 Å². The van der Waals surface area contributed by atoms with Gasteiger partial charge in [0.1, 0.15) is 0 Å². The average molecular weight is 578 g/mol. The molecule has 0 saturated heterocycles. The van der Waals surface area contributed by atoms with Crippen molar-refractivity contribution in [3.63, 3.8) is 0 Å². The van der Waals surface area contributed by atoms with Gasteiger partial charge in [-0.2, -0.15) is 0 Å². The van der Waals surface area contributed by atoms with Crippen LogP contribution in [0.1, 0.15) is 27.8 Å². The average Bonchev–Trinajstić information content (AvgIpc) is 3.71. The summed E-state index contributed by atoms with van der Waals surface area (Å²) in [6.45, 7) is 2.22. The molecular weight excluding hydrogens is 551 g/mol. The predicted molar refractivity (Wildman–Crippen MR) is 188 cm³/mol. The van der Waals surface area contributed by atoms with Gasteiger partial charge in [0.2, 0.25) is 0 Å². The molecule has 1 spiro atoms. The van der Waals surface area contributed by atoms with E-state index < -0.39 is 0 Å². The lowest BCUT2D eigenvalue weighted by atomic mass is 9.70. The van der Waals surface area contributed by atoms with Crippen LogP contribution in [0, 0.1) is 6.92 Å². The molecule has 0 radical (unpaired) electrons. The smallest absolute Gasteiger partial charge is 0.0726 e. The fraction of sp³-hybridized carbons (Fsp3) is 0.0476. The van der Waals surface area contributed by atoms with Crippen LogP contribution in [0.3, 0.4) is 0 Å². The number of hydrogen-bond donors (Lipinski definition) is 1. The maximum absolute atomic E-state index is 3.94. The zero-order valence-corrected chi connectivity index (χ0v) is 25.0. The molecule has 8 aromatic rings. The number of anilines is 2. The van der Waals surface area contributed by atoms with Crippen LogP contribution in [0.2, 0.25) is 0 Å². The lowest BCUT2D eigenvalue weighted by Gasteiger charge is -2.30. The first kappa shape index (κ1) is 24.3. The first-order valence-electron chi connectivity index (χ1n) is 15.3. The summed E-state index contributed by atoms with van der Waals surface area (Å²) in [5, 5.41) is 9.20. The minimum Gasteiger partial charge on any atom is -0.354 e. The summed E-state index contributed by atoms with van der Waals surface area (Å²) in [6.07, 6.45) is 0. The van der Waals surface area contributed by atoms with E-state index in [-0.39, 0.29) is 5.41 Å². The summed E-state index contributed by atoms with van der Waals surface area (Å²) < 4.78 is 2.67. The van der Waals surface area contributed by atoms with Crippen molar-refractivity contribution in [2.45, 2.75) is 12.3 Å². The number of aryl methyl sites for hydroxylation is 1. The fourth-order valence-corrected chi connectivity index (χ4v) is 9.46. The normalized spacial score (nSPS) is 13.8. The van der Waals surface area contributed by atoms with Gasteiger partial charge in [-0.1, -0.05) is 121 Å². The van der Waals surface area contributed by atoms with Crippen molar-refractivity contribution < 1.29 is 0 Å². The second kappa shape index (κ2) is 8.69. The lowest BCUT2D eigenvalue weighted by molar-refractivity contribution is 0.794. The molecule has 206 valence electrons. The monoisotopic (exact) mass is 577 g/mol. The van der Waals surface area contributed by atoms with Gasteiger partial charge >= 0.3 is 0 Å². The van der Waals surface area contributed by atoms with E-state index in [9.17, 15) is 0 Å². The van der Waals surface area contributed by atoms with Gasteiger partial charge in [-0.25, -0.2) is 0 Å². The van der Waals surface area contributed by atoms with Gasteiger partial charge in [0, 0.05) is 21.2 Å². The van der Waals surface area contributed by atoms with Gasteiger partial charge in [0.25, 0.3) is 0 Å². The topological polar surface area (TPSA) is 12.0 Å².